The molecular weight excluding hydrogens is 194 g/mol. The number of carbonyl (C=O) groups excluding carboxylic acids is 1. The van der Waals surface area contributed by atoms with Crippen molar-refractivity contribution < 1.29 is 14.6 Å². The van der Waals surface area contributed by atoms with Gasteiger partial charge in [-0.3, -0.25) is 9.36 Å². The minimum Gasteiger partial charge on any atom is -0.494 e. The fourth-order valence-electron chi connectivity index (χ4n) is 1.32. The lowest BCUT2D eigenvalue weighted by Crippen LogP contribution is -2.22. The lowest BCUT2D eigenvalue weighted by Gasteiger charge is -2.06. The van der Waals surface area contributed by atoms with E-state index in [9.17, 15) is 14.7 Å². The summed E-state index contributed by atoms with van der Waals surface area (Å²) in [6.45, 7) is 0.311. The first-order chi connectivity index (χ1) is 6.20. The molecule has 1 aromatic rings. The summed E-state index contributed by atoms with van der Waals surface area (Å²) in [7, 11) is 0. The number of hydrogen-bond donors (Lipinski definition) is 1. The molecule has 1 aromatic heterocycles. The van der Waals surface area contributed by atoms with Crippen LogP contribution in [0.1, 0.15) is 12.5 Å². The highest BCUT2D eigenvalue weighted by Crippen LogP contribution is 2.24. The van der Waals surface area contributed by atoms with Crippen molar-refractivity contribution in [2.45, 2.75) is 12.5 Å². The van der Waals surface area contributed by atoms with Gasteiger partial charge in [-0.2, -0.15) is 0 Å². The first kappa shape index (κ1) is 8.31. The molecule has 6 heteroatoms. The van der Waals surface area contributed by atoms with Crippen molar-refractivity contribution in [1.82, 2.24) is 4.57 Å². The van der Waals surface area contributed by atoms with Crippen molar-refractivity contribution in [3.05, 3.63) is 15.0 Å². The highest BCUT2D eigenvalue weighted by atomic mass is 32.1. The van der Waals surface area contributed by atoms with Crippen LogP contribution in [-0.4, -0.2) is 22.2 Å². The molecule has 1 saturated heterocycles. The topological polar surface area (TPSA) is 68.5 Å². The second-order valence-corrected chi connectivity index (χ2v) is 3.52. The van der Waals surface area contributed by atoms with Crippen molar-refractivity contribution in [2.75, 3.05) is 6.61 Å². The molecule has 2 heterocycles. The van der Waals surface area contributed by atoms with E-state index in [1.165, 1.54) is 5.38 Å². The zero-order valence-electron chi connectivity index (χ0n) is 6.60. The second-order valence-electron chi connectivity index (χ2n) is 2.70. The van der Waals surface area contributed by atoms with E-state index in [1.54, 1.807) is 0 Å². The molecule has 0 bridgehead atoms. The van der Waals surface area contributed by atoms with E-state index >= 15 is 0 Å². The molecule has 0 radical (unpaired) electrons. The van der Waals surface area contributed by atoms with E-state index < -0.39 is 12.0 Å². The SMILES string of the molecule is O=C1OCCC1n1c(O)csc1=O. The van der Waals surface area contributed by atoms with E-state index in [0.717, 1.165) is 15.9 Å². The standard InChI is InChI=1S/C7H7NO4S/c9-5-3-13-7(11)8(5)4-1-2-12-6(4)10/h3-4,9H,1-2H2. The maximum Gasteiger partial charge on any atom is 0.329 e. The third kappa shape index (κ3) is 1.23. The highest BCUT2D eigenvalue weighted by molar-refractivity contribution is 7.07. The largest absolute Gasteiger partial charge is 0.494 e. The maximum atomic E-state index is 11.2. The first-order valence-electron chi connectivity index (χ1n) is 3.76. The molecule has 13 heavy (non-hydrogen) atoms. The summed E-state index contributed by atoms with van der Waals surface area (Å²) in [5, 5.41) is 10.6. The average Bonchev–Trinajstić information content (AvgIpc) is 2.60. The molecule has 0 aromatic carbocycles. The number of rotatable bonds is 1. The summed E-state index contributed by atoms with van der Waals surface area (Å²) >= 11 is 0.870. The number of aromatic hydroxyl groups is 1. The van der Waals surface area contributed by atoms with Crippen LogP contribution < -0.4 is 4.87 Å². The number of esters is 1. The van der Waals surface area contributed by atoms with Crippen molar-refractivity contribution in [1.29, 1.82) is 0 Å². The van der Waals surface area contributed by atoms with E-state index in [4.69, 9.17) is 4.74 Å². The lowest BCUT2D eigenvalue weighted by molar-refractivity contribution is -0.140. The summed E-state index contributed by atoms with van der Waals surface area (Å²) in [6, 6.07) is -0.640. The van der Waals surface area contributed by atoms with Gasteiger partial charge in [0, 0.05) is 6.42 Å². The van der Waals surface area contributed by atoms with Crippen LogP contribution >= 0.6 is 11.3 Å². The van der Waals surface area contributed by atoms with Crippen molar-refractivity contribution >= 4 is 17.3 Å². The van der Waals surface area contributed by atoms with Crippen LogP contribution in [0.4, 0.5) is 0 Å². The number of nitrogens with zero attached hydrogens (tertiary/aromatic N) is 1. The Kier molecular flexibility index (Phi) is 1.84. The van der Waals surface area contributed by atoms with Gasteiger partial charge in [0.1, 0.15) is 6.04 Å². The van der Waals surface area contributed by atoms with E-state index in [2.05, 4.69) is 0 Å². The number of carbonyl (C=O) groups is 1. The lowest BCUT2D eigenvalue weighted by atomic mass is 10.2. The van der Waals surface area contributed by atoms with Gasteiger partial charge in [0.05, 0.1) is 12.0 Å². The van der Waals surface area contributed by atoms with Crippen LogP contribution in [-0.2, 0) is 9.53 Å². The molecule has 0 amide bonds. The van der Waals surface area contributed by atoms with E-state index in [-0.39, 0.29) is 10.8 Å². The van der Waals surface area contributed by atoms with Crippen LogP contribution in [0, 0.1) is 0 Å². The Morgan fingerprint density at radius 1 is 1.62 bits per heavy atom. The number of aromatic nitrogens is 1. The van der Waals surface area contributed by atoms with Gasteiger partial charge in [-0.05, 0) is 0 Å². The zero-order valence-corrected chi connectivity index (χ0v) is 7.41. The number of cyclic esters (lactones) is 1. The predicted molar refractivity (Wildman–Crippen MR) is 44.9 cm³/mol. The molecule has 1 aliphatic rings. The minimum absolute atomic E-state index is 0.168. The Morgan fingerprint density at radius 3 is 2.85 bits per heavy atom. The molecule has 0 aliphatic carbocycles. The number of ether oxygens (including phenoxy) is 1. The van der Waals surface area contributed by atoms with Gasteiger partial charge >= 0.3 is 10.8 Å². The Labute approximate surface area is 77.2 Å². The zero-order chi connectivity index (χ0) is 9.42. The first-order valence-corrected chi connectivity index (χ1v) is 4.64. The third-order valence-electron chi connectivity index (χ3n) is 1.93. The Bertz CT molecular complexity index is 393. The van der Waals surface area contributed by atoms with Gasteiger partial charge in [-0.25, -0.2) is 4.79 Å². The Hall–Kier alpha value is -1.30. The van der Waals surface area contributed by atoms with Crippen molar-refractivity contribution in [3.8, 4) is 5.88 Å². The monoisotopic (exact) mass is 201 g/mol. The van der Waals surface area contributed by atoms with Crippen molar-refractivity contribution in [3.63, 3.8) is 0 Å². The van der Waals surface area contributed by atoms with Gasteiger partial charge < -0.3 is 9.84 Å². The van der Waals surface area contributed by atoms with Gasteiger partial charge in [0.2, 0.25) is 5.88 Å². The molecule has 1 N–H and O–H groups in total. The van der Waals surface area contributed by atoms with Gasteiger partial charge in [0.25, 0.3) is 0 Å². The molecule has 70 valence electrons. The fourth-order valence-corrected chi connectivity index (χ4v) is 1.97. The van der Waals surface area contributed by atoms with Crippen LogP contribution in [0.2, 0.25) is 0 Å². The molecule has 1 fully saturated rings. The molecular formula is C7H7NO4S. The van der Waals surface area contributed by atoms with Crippen LogP contribution in [0.25, 0.3) is 0 Å². The van der Waals surface area contributed by atoms with Crippen LogP contribution in [0.3, 0.4) is 0 Å². The van der Waals surface area contributed by atoms with Gasteiger partial charge in [0.15, 0.2) is 0 Å². The Morgan fingerprint density at radius 2 is 2.38 bits per heavy atom. The van der Waals surface area contributed by atoms with Gasteiger partial charge in [-0.15, -0.1) is 0 Å². The average molecular weight is 201 g/mol. The summed E-state index contributed by atoms with van der Waals surface area (Å²) in [4.78, 5) is 21.9. The summed E-state index contributed by atoms with van der Waals surface area (Å²) in [6.07, 6.45) is 0.447. The number of thiazole rings is 1. The highest BCUT2D eigenvalue weighted by Gasteiger charge is 2.31. The van der Waals surface area contributed by atoms with E-state index in [1.807, 2.05) is 0 Å². The predicted octanol–water partition coefficient (Wildman–Crippen LogP) is 0.103. The molecule has 0 saturated carbocycles. The molecule has 1 unspecified atom stereocenters. The number of hydrogen-bond acceptors (Lipinski definition) is 5. The minimum atomic E-state index is -0.640. The Balaban J connectivity index is 2.45. The van der Waals surface area contributed by atoms with E-state index in [0.29, 0.717) is 13.0 Å². The van der Waals surface area contributed by atoms with Crippen molar-refractivity contribution in [2.24, 2.45) is 0 Å². The molecule has 5 nitrogen and oxygen atoms in total. The summed E-state index contributed by atoms with van der Waals surface area (Å²) < 4.78 is 5.76. The normalized spacial score (nSPS) is 21.8. The van der Waals surface area contributed by atoms with Gasteiger partial charge in [-0.1, -0.05) is 11.3 Å². The third-order valence-corrected chi connectivity index (χ3v) is 2.66. The van der Waals surface area contributed by atoms with Crippen LogP contribution in [0.5, 0.6) is 5.88 Å². The smallest absolute Gasteiger partial charge is 0.329 e. The summed E-state index contributed by atoms with van der Waals surface area (Å²) in [5.74, 6) is -0.616. The summed E-state index contributed by atoms with van der Waals surface area (Å²) in [5.41, 5.74) is 0. The fraction of sp³-hybridized carbons (Fsp3) is 0.429. The molecule has 1 atom stereocenters. The quantitative estimate of drug-likeness (QED) is 0.654. The second kappa shape index (κ2) is 2.88. The maximum absolute atomic E-state index is 11.2. The molecule has 0 spiro atoms. The molecule has 1 aliphatic heterocycles. The van der Waals surface area contributed by atoms with Crippen LogP contribution in [0.15, 0.2) is 10.2 Å². The molecule has 2 rings (SSSR count).